The summed E-state index contributed by atoms with van der Waals surface area (Å²) in [6, 6.07) is 1.75. The van der Waals surface area contributed by atoms with Gasteiger partial charge >= 0.3 is 0 Å². The molecular weight excluding hydrogens is 264 g/mol. The van der Waals surface area contributed by atoms with Crippen molar-refractivity contribution in [3.63, 3.8) is 0 Å². The minimum atomic E-state index is -3.86. The Hall–Kier alpha value is -1.45. The minimum absolute atomic E-state index is 0.264. The fraction of sp³-hybridized carbons (Fsp3) is 0.250. The molecule has 2 aromatic rings. The average molecular weight is 274 g/mol. The van der Waals surface area contributed by atoms with Crippen molar-refractivity contribution in [3.8, 4) is 16.5 Å². The summed E-state index contributed by atoms with van der Waals surface area (Å²) in [5.41, 5.74) is 0. The number of primary sulfonamides is 1. The van der Waals surface area contributed by atoms with Crippen LogP contribution in [0.25, 0.3) is 10.7 Å². The van der Waals surface area contributed by atoms with E-state index in [1.807, 2.05) is 0 Å². The Balaban J connectivity index is 2.51. The van der Waals surface area contributed by atoms with E-state index >= 15 is 0 Å². The van der Waals surface area contributed by atoms with Gasteiger partial charge in [-0.15, -0.1) is 21.5 Å². The predicted octanol–water partition coefficient (Wildman–Crippen LogP) is 0.200. The van der Waals surface area contributed by atoms with Crippen molar-refractivity contribution in [3.05, 3.63) is 11.4 Å². The molecule has 0 saturated carbocycles. The molecule has 0 amide bonds. The second-order valence-corrected chi connectivity index (χ2v) is 5.63. The van der Waals surface area contributed by atoms with Gasteiger partial charge in [0.05, 0.1) is 12.0 Å². The van der Waals surface area contributed by atoms with Crippen LogP contribution in [0.5, 0.6) is 5.75 Å². The normalized spacial score (nSPS) is 11.7. The third kappa shape index (κ3) is 2.16. The van der Waals surface area contributed by atoms with Crippen LogP contribution in [0.3, 0.4) is 0 Å². The molecule has 0 aliphatic carbocycles. The summed E-state index contributed by atoms with van der Waals surface area (Å²) in [7, 11) is -0.760. The Morgan fingerprint density at radius 3 is 2.65 bits per heavy atom. The number of aromatic nitrogens is 3. The molecule has 0 atom stereocenters. The van der Waals surface area contributed by atoms with Gasteiger partial charge < -0.3 is 4.74 Å². The van der Waals surface area contributed by atoms with E-state index in [2.05, 4.69) is 10.2 Å². The average Bonchev–Trinajstić information content (AvgIpc) is 2.82. The third-order valence-corrected chi connectivity index (χ3v) is 3.89. The van der Waals surface area contributed by atoms with Crippen molar-refractivity contribution < 1.29 is 13.2 Å². The number of rotatable bonds is 3. The molecule has 0 aliphatic heterocycles. The standard InChI is InChI=1S/C8H10N4O3S2/c1-12-7(6-3-5(15-2)4-16-6)10-11-8(12)17(9,13)14/h3-4H,1-2H3,(H2,9,13,14). The highest BCUT2D eigenvalue weighted by Crippen LogP contribution is 2.30. The first-order chi connectivity index (χ1) is 7.93. The molecule has 2 N–H and O–H groups in total. The van der Waals surface area contributed by atoms with E-state index in [-0.39, 0.29) is 5.16 Å². The van der Waals surface area contributed by atoms with Crippen LogP contribution in [0.4, 0.5) is 0 Å². The van der Waals surface area contributed by atoms with E-state index in [1.165, 1.54) is 15.9 Å². The van der Waals surface area contributed by atoms with Crippen LogP contribution >= 0.6 is 11.3 Å². The molecule has 2 aromatic heterocycles. The maximum absolute atomic E-state index is 11.2. The van der Waals surface area contributed by atoms with Gasteiger partial charge in [-0.3, -0.25) is 4.57 Å². The Bertz CT molecular complexity index is 644. The van der Waals surface area contributed by atoms with Crippen molar-refractivity contribution in [2.24, 2.45) is 12.2 Å². The first-order valence-electron chi connectivity index (χ1n) is 4.48. The lowest BCUT2D eigenvalue weighted by Crippen LogP contribution is -2.17. The van der Waals surface area contributed by atoms with Gasteiger partial charge in [0, 0.05) is 18.5 Å². The zero-order chi connectivity index (χ0) is 12.6. The highest BCUT2D eigenvalue weighted by Gasteiger charge is 2.20. The van der Waals surface area contributed by atoms with Crippen molar-refractivity contribution in [1.29, 1.82) is 0 Å². The molecule has 7 nitrogen and oxygen atoms in total. The predicted molar refractivity (Wildman–Crippen MR) is 62.2 cm³/mol. The van der Waals surface area contributed by atoms with E-state index in [4.69, 9.17) is 9.88 Å². The summed E-state index contributed by atoms with van der Waals surface area (Å²) in [6.45, 7) is 0. The maximum Gasteiger partial charge on any atom is 0.273 e. The first-order valence-corrected chi connectivity index (χ1v) is 6.91. The van der Waals surface area contributed by atoms with Crippen molar-refractivity contribution >= 4 is 21.4 Å². The second-order valence-electron chi connectivity index (χ2n) is 3.26. The van der Waals surface area contributed by atoms with Crippen LogP contribution in [-0.4, -0.2) is 30.3 Å². The van der Waals surface area contributed by atoms with Crippen LogP contribution in [0, 0.1) is 0 Å². The van der Waals surface area contributed by atoms with Crippen LogP contribution in [0.1, 0.15) is 0 Å². The lowest BCUT2D eigenvalue weighted by Gasteiger charge is -1.99. The fourth-order valence-electron chi connectivity index (χ4n) is 1.32. The Morgan fingerprint density at radius 1 is 1.47 bits per heavy atom. The molecule has 17 heavy (non-hydrogen) atoms. The summed E-state index contributed by atoms with van der Waals surface area (Å²) in [5, 5.41) is 13.9. The molecular formula is C8H10N4O3S2. The fourth-order valence-corrected chi connectivity index (χ4v) is 2.82. The molecule has 9 heteroatoms. The lowest BCUT2D eigenvalue weighted by molar-refractivity contribution is 0.417. The molecule has 0 fully saturated rings. The van der Waals surface area contributed by atoms with Gasteiger partial charge in [-0.25, -0.2) is 13.6 Å². The summed E-state index contributed by atoms with van der Waals surface area (Å²) in [4.78, 5) is 0.756. The highest BCUT2D eigenvalue weighted by molar-refractivity contribution is 7.89. The molecule has 0 saturated heterocycles. The minimum Gasteiger partial charge on any atom is -0.496 e. The summed E-state index contributed by atoms with van der Waals surface area (Å²) < 4.78 is 28.8. The van der Waals surface area contributed by atoms with Gasteiger partial charge in [-0.1, -0.05) is 0 Å². The Kier molecular flexibility index (Phi) is 2.89. The molecule has 2 heterocycles. The Morgan fingerprint density at radius 2 is 2.18 bits per heavy atom. The van der Waals surface area contributed by atoms with Crippen LogP contribution in [0.15, 0.2) is 16.6 Å². The Labute approximate surface area is 102 Å². The zero-order valence-electron chi connectivity index (χ0n) is 9.11. The quantitative estimate of drug-likeness (QED) is 0.861. The number of nitrogens with two attached hydrogens (primary N) is 1. The van der Waals surface area contributed by atoms with Crippen molar-refractivity contribution in [2.45, 2.75) is 5.16 Å². The summed E-state index contributed by atoms with van der Waals surface area (Å²) >= 11 is 1.38. The number of hydrogen-bond donors (Lipinski definition) is 1. The van der Waals surface area contributed by atoms with Crippen molar-refractivity contribution in [2.75, 3.05) is 7.11 Å². The van der Waals surface area contributed by atoms with Gasteiger partial charge in [0.25, 0.3) is 15.2 Å². The molecule has 0 spiro atoms. The van der Waals surface area contributed by atoms with E-state index in [0.29, 0.717) is 11.6 Å². The van der Waals surface area contributed by atoms with Gasteiger partial charge in [-0.05, 0) is 0 Å². The van der Waals surface area contributed by atoms with Gasteiger partial charge in [0.15, 0.2) is 5.82 Å². The first kappa shape index (κ1) is 12.0. The topological polar surface area (TPSA) is 100 Å². The van der Waals surface area contributed by atoms with Gasteiger partial charge in [0.1, 0.15) is 5.75 Å². The molecule has 0 aromatic carbocycles. The lowest BCUT2D eigenvalue weighted by atomic mass is 10.4. The third-order valence-electron chi connectivity index (χ3n) is 2.12. The molecule has 0 bridgehead atoms. The van der Waals surface area contributed by atoms with E-state index in [0.717, 1.165) is 4.88 Å². The number of methoxy groups -OCH3 is 1. The molecule has 92 valence electrons. The number of hydrogen-bond acceptors (Lipinski definition) is 6. The number of ether oxygens (including phenoxy) is 1. The monoisotopic (exact) mass is 274 g/mol. The smallest absolute Gasteiger partial charge is 0.273 e. The number of thiophene rings is 1. The highest BCUT2D eigenvalue weighted by atomic mass is 32.2. The SMILES string of the molecule is COc1csc(-c2nnc(S(N)(=O)=O)n2C)c1. The zero-order valence-corrected chi connectivity index (χ0v) is 10.7. The summed E-state index contributed by atoms with van der Waals surface area (Å²) in [5.74, 6) is 1.12. The van der Waals surface area contributed by atoms with Crippen molar-refractivity contribution in [1.82, 2.24) is 14.8 Å². The molecule has 2 rings (SSSR count). The number of sulfonamides is 1. The van der Waals surface area contributed by atoms with Crippen LogP contribution in [-0.2, 0) is 17.1 Å². The summed E-state index contributed by atoms with van der Waals surface area (Å²) in [6.07, 6.45) is 0. The molecule has 0 aliphatic rings. The van der Waals surface area contributed by atoms with Gasteiger partial charge in [0.2, 0.25) is 0 Å². The second kappa shape index (κ2) is 4.09. The van der Waals surface area contributed by atoms with E-state index < -0.39 is 10.0 Å². The van der Waals surface area contributed by atoms with Crippen LogP contribution in [0.2, 0.25) is 0 Å². The van der Waals surface area contributed by atoms with Crippen LogP contribution < -0.4 is 9.88 Å². The number of nitrogens with zero attached hydrogens (tertiary/aromatic N) is 3. The molecule has 0 radical (unpaired) electrons. The molecule has 0 unspecified atom stereocenters. The largest absolute Gasteiger partial charge is 0.496 e. The van der Waals surface area contributed by atoms with Gasteiger partial charge in [-0.2, -0.15) is 0 Å². The maximum atomic E-state index is 11.2. The van der Waals surface area contributed by atoms with E-state index in [9.17, 15) is 8.42 Å². The van der Waals surface area contributed by atoms with E-state index in [1.54, 1.807) is 25.6 Å².